The molecule has 2 nitrogen and oxygen atoms in total. The van der Waals surface area contributed by atoms with Crippen molar-refractivity contribution in [2.45, 2.75) is 50.7 Å². The van der Waals surface area contributed by atoms with Crippen LogP contribution in [0.15, 0.2) is 0 Å². The molecule has 0 aromatic carbocycles. The highest BCUT2D eigenvalue weighted by atomic mass is 33.1. The van der Waals surface area contributed by atoms with Gasteiger partial charge >= 0.3 is 5.97 Å². The van der Waals surface area contributed by atoms with E-state index in [-0.39, 0.29) is 5.97 Å². The first-order valence-electron chi connectivity index (χ1n) is 5.62. The van der Waals surface area contributed by atoms with Crippen molar-refractivity contribution >= 4 is 27.6 Å². The monoisotopic (exact) mass is 248 g/mol. The normalized spacial score (nSPS) is 25.5. The maximum absolute atomic E-state index is 11.1. The molecule has 1 saturated heterocycles. The lowest BCUT2D eigenvalue weighted by Crippen LogP contribution is -2.15. The molecule has 1 aliphatic rings. The minimum absolute atomic E-state index is 0.0453. The second kappa shape index (κ2) is 6.69. The Labute approximate surface area is 100 Å². The van der Waals surface area contributed by atoms with Crippen LogP contribution >= 0.6 is 21.6 Å². The van der Waals surface area contributed by atoms with Gasteiger partial charge in [-0.3, -0.25) is 4.79 Å². The number of hydrogen-bond donors (Lipinski definition) is 0. The average molecular weight is 248 g/mol. The van der Waals surface area contributed by atoms with Gasteiger partial charge in [-0.25, -0.2) is 0 Å². The summed E-state index contributed by atoms with van der Waals surface area (Å²) in [5.74, 6) is 1.23. The lowest BCUT2D eigenvalue weighted by Gasteiger charge is -2.20. The largest absolute Gasteiger partial charge is 0.466 e. The zero-order chi connectivity index (χ0) is 11.1. The minimum Gasteiger partial charge on any atom is -0.466 e. The number of carbonyl (C=O) groups is 1. The maximum Gasteiger partial charge on any atom is 0.305 e. The maximum atomic E-state index is 11.1. The van der Waals surface area contributed by atoms with Crippen molar-refractivity contribution in [1.29, 1.82) is 0 Å². The van der Waals surface area contributed by atoms with E-state index in [2.05, 4.69) is 6.92 Å². The molecule has 0 aromatic rings. The van der Waals surface area contributed by atoms with Gasteiger partial charge in [0, 0.05) is 16.9 Å². The molecule has 4 heteroatoms. The third kappa shape index (κ3) is 5.16. The van der Waals surface area contributed by atoms with E-state index in [1.807, 2.05) is 28.5 Å². The fourth-order valence-electron chi connectivity index (χ4n) is 1.65. The van der Waals surface area contributed by atoms with E-state index in [0.29, 0.717) is 17.8 Å². The lowest BCUT2D eigenvalue weighted by molar-refractivity contribution is -0.143. The Balaban J connectivity index is 2.03. The van der Waals surface area contributed by atoms with Crippen LogP contribution in [-0.4, -0.2) is 23.1 Å². The summed E-state index contributed by atoms with van der Waals surface area (Å²) in [4.78, 5) is 11.1. The van der Waals surface area contributed by atoms with E-state index in [4.69, 9.17) is 4.74 Å². The van der Waals surface area contributed by atoms with Gasteiger partial charge in [0.1, 0.15) is 0 Å². The first kappa shape index (κ1) is 13.2. The zero-order valence-corrected chi connectivity index (χ0v) is 11.2. The number of hydrogen-bond acceptors (Lipinski definition) is 4. The van der Waals surface area contributed by atoms with Gasteiger partial charge in [-0.15, -0.1) is 0 Å². The van der Waals surface area contributed by atoms with E-state index < -0.39 is 0 Å². The van der Waals surface area contributed by atoms with Crippen LogP contribution in [0.1, 0.15) is 46.0 Å². The Morgan fingerprint density at radius 1 is 1.47 bits per heavy atom. The second-order valence-electron chi connectivity index (χ2n) is 4.12. The van der Waals surface area contributed by atoms with Gasteiger partial charge < -0.3 is 4.74 Å². The van der Waals surface area contributed by atoms with Crippen molar-refractivity contribution in [3.05, 3.63) is 0 Å². The van der Waals surface area contributed by atoms with E-state index in [1.165, 1.54) is 18.6 Å². The van der Waals surface area contributed by atoms with Crippen molar-refractivity contribution in [3.8, 4) is 0 Å². The summed E-state index contributed by atoms with van der Waals surface area (Å²) in [5.41, 5.74) is 0. The molecule has 0 spiro atoms. The number of unbranched alkanes of at least 4 members (excludes halogenated alkanes) is 1. The van der Waals surface area contributed by atoms with Crippen molar-refractivity contribution in [1.82, 2.24) is 0 Å². The molecule has 88 valence electrons. The highest BCUT2D eigenvalue weighted by Crippen LogP contribution is 2.49. The molecule has 0 bridgehead atoms. The summed E-state index contributed by atoms with van der Waals surface area (Å²) in [7, 11) is 3.99. The first-order valence-corrected chi connectivity index (χ1v) is 7.94. The molecule has 0 unspecified atom stereocenters. The van der Waals surface area contributed by atoms with Crippen LogP contribution in [0.2, 0.25) is 0 Å². The Morgan fingerprint density at radius 2 is 2.27 bits per heavy atom. The van der Waals surface area contributed by atoms with Crippen LogP contribution in [0.4, 0.5) is 0 Å². The van der Waals surface area contributed by atoms with Gasteiger partial charge in [0.15, 0.2) is 0 Å². The number of rotatable bonds is 6. The summed E-state index contributed by atoms with van der Waals surface area (Å²) < 4.78 is 5.35. The quantitative estimate of drug-likeness (QED) is 0.407. The van der Waals surface area contributed by atoms with Crippen LogP contribution in [-0.2, 0) is 9.53 Å². The lowest BCUT2D eigenvalue weighted by atomic mass is 9.99. The minimum atomic E-state index is -0.0453. The molecule has 1 heterocycles. The first-order chi connectivity index (χ1) is 7.16. The van der Waals surface area contributed by atoms with E-state index >= 15 is 0 Å². The summed E-state index contributed by atoms with van der Waals surface area (Å²) in [6.45, 7) is 4.69. The fourth-order valence-corrected chi connectivity index (χ4v) is 4.95. The van der Waals surface area contributed by atoms with Crippen molar-refractivity contribution < 1.29 is 9.53 Å². The fraction of sp³-hybridized carbons (Fsp3) is 0.909. The number of ether oxygens (including phenoxy) is 1. The Morgan fingerprint density at radius 3 is 2.87 bits per heavy atom. The predicted molar refractivity (Wildman–Crippen MR) is 68.2 cm³/mol. The Hall–Kier alpha value is 0.170. The highest BCUT2D eigenvalue weighted by Gasteiger charge is 2.29. The summed E-state index contributed by atoms with van der Waals surface area (Å²) in [6, 6.07) is 0. The molecular weight excluding hydrogens is 228 g/mol. The average Bonchev–Trinajstić information content (AvgIpc) is 2.61. The summed E-state index contributed by atoms with van der Waals surface area (Å²) in [6.07, 6.45) is 5.23. The second-order valence-corrected chi connectivity index (χ2v) is 7.12. The van der Waals surface area contributed by atoms with Gasteiger partial charge in [-0.1, -0.05) is 28.0 Å². The van der Waals surface area contributed by atoms with Crippen LogP contribution in [0.5, 0.6) is 0 Å². The molecule has 0 N–H and O–H groups in total. The number of carbonyl (C=O) groups excluding carboxylic acids is 1. The third-order valence-electron chi connectivity index (χ3n) is 2.62. The van der Waals surface area contributed by atoms with Gasteiger partial charge in [-0.05, 0) is 33.1 Å². The van der Waals surface area contributed by atoms with E-state index in [9.17, 15) is 4.79 Å². The number of esters is 1. The van der Waals surface area contributed by atoms with Crippen LogP contribution < -0.4 is 0 Å². The van der Waals surface area contributed by atoms with Gasteiger partial charge in [-0.2, -0.15) is 0 Å². The van der Waals surface area contributed by atoms with Crippen molar-refractivity contribution in [2.75, 3.05) is 12.4 Å². The highest BCUT2D eigenvalue weighted by molar-refractivity contribution is 8.77. The standard InChI is InChI=1S/C11H20O2S2/c1-3-13-10(12)6-4-5-7-11(2)8-9-14-15-11/h3-9H2,1-2H3/t11-/m1/s1. The van der Waals surface area contributed by atoms with E-state index in [1.54, 1.807) is 0 Å². The van der Waals surface area contributed by atoms with Crippen molar-refractivity contribution in [3.63, 3.8) is 0 Å². The molecule has 0 aromatic heterocycles. The topological polar surface area (TPSA) is 26.3 Å². The summed E-state index contributed by atoms with van der Waals surface area (Å²) >= 11 is 0. The van der Waals surface area contributed by atoms with Crippen LogP contribution in [0.3, 0.4) is 0 Å². The van der Waals surface area contributed by atoms with Gasteiger partial charge in [0.25, 0.3) is 0 Å². The van der Waals surface area contributed by atoms with Gasteiger partial charge in [0.2, 0.25) is 0 Å². The molecule has 15 heavy (non-hydrogen) atoms. The molecule has 0 radical (unpaired) electrons. The SMILES string of the molecule is CCOC(=O)CCCC[C@]1(C)CCSS1. The van der Waals surface area contributed by atoms with Crippen LogP contribution in [0.25, 0.3) is 0 Å². The molecule has 1 fully saturated rings. The van der Waals surface area contributed by atoms with Crippen LogP contribution in [0, 0.1) is 0 Å². The smallest absolute Gasteiger partial charge is 0.305 e. The molecular formula is C11H20O2S2. The van der Waals surface area contributed by atoms with Gasteiger partial charge in [0.05, 0.1) is 6.61 Å². The third-order valence-corrected chi connectivity index (χ3v) is 5.98. The predicted octanol–water partition coefficient (Wildman–Crippen LogP) is 3.65. The molecule has 0 saturated carbocycles. The molecule has 0 amide bonds. The summed E-state index contributed by atoms with van der Waals surface area (Å²) in [5, 5.41) is 0. The Bertz CT molecular complexity index is 201. The zero-order valence-electron chi connectivity index (χ0n) is 9.58. The van der Waals surface area contributed by atoms with E-state index in [0.717, 1.165) is 12.8 Å². The Kier molecular flexibility index (Phi) is 5.90. The molecule has 1 rings (SSSR count). The molecule has 0 aliphatic carbocycles. The molecule has 1 aliphatic heterocycles. The molecule has 1 atom stereocenters. The van der Waals surface area contributed by atoms with Crippen molar-refractivity contribution in [2.24, 2.45) is 0 Å².